The van der Waals surface area contributed by atoms with E-state index in [-0.39, 0.29) is 0 Å². The van der Waals surface area contributed by atoms with E-state index >= 15 is 0 Å². The smallest absolute Gasteiger partial charge is 0.0250 e. The molecule has 0 unspecified atom stereocenters. The van der Waals surface area contributed by atoms with Crippen molar-refractivity contribution in [3.63, 3.8) is 0 Å². The standard InChI is InChI=1S/C19H28BrN/c20-19-14-8-7-9-16(19)15-21(17-10-3-1-4-11-17)18-12-5-2-6-13-18/h7-9,14,17-18H,1-6,10-13,15H2. The normalized spacial score (nSPS) is 21.8. The first kappa shape index (κ1) is 15.6. The zero-order valence-corrected chi connectivity index (χ0v) is 14.7. The highest BCUT2D eigenvalue weighted by Crippen LogP contribution is 2.32. The molecule has 0 bridgehead atoms. The largest absolute Gasteiger partial charge is 0.293 e. The van der Waals surface area contributed by atoms with Crippen molar-refractivity contribution in [2.45, 2.75) is 82.8 Å². The molecule has 1 nitrogen and oxygen atoms in total. The second-order valence-electron chi connectivity index (χ2n) is 6.85. The van der Waals surface area contributed by atoms with Gasteiger partial charge in [-0.2, -0.15) is 0 Å². The van der Waals surface area contributed by atoms with Crippen LogP contribution in [0.25, 0.3) is 0 Å². The Labute approximate surface area is 138 Å². The predicted octanol–water partition coefficient (Wildman–Crippen LogP) is 5.92. The van der Waals surface area contributed by atoms with Gasteiger partial charge in [0.25, 0.3) is 0 Å². The fraction of sp³-hybridized carbons (Fsp3) is 0.684. The molecular formula is C19H28BrN. The first-order valence-electron chi connectivity index (χ1n) is 8.84. The first-order valence-corrected chi connectivity index (χ1v) is 9.63. The molecule has 2 aliphatic carbocycles. The summed E-state index contributed by atoms with van der Waals surface area (Å²) in [6.45, 7) is 1.14. The van der Waals surface area contributed by atoms with Crippen LogP contribution in [0.4, 0.5) is 0 Å². The summed E-state index contributed by atoms with van der Waals surface area (Å²) in [5, 5.41) is 0. The molecule has 2 saturated carbocycles. The summed E-state index contributed by atoms with van der Waals surface area (Å²) in [5.41, 5.74) is 1.47. The van der Waals surface area contributed by atoms with Crippen molar-refractivity contribution in [3.8, 4) is 0 Å². The van der Waals surface area contributed by atoms with Crippen LogP contribution in [0.15, 0.2) is 28.7 Å². The molecule has 0 heterocycles. The molecule has 116 valence electrons. The summed E-state index contributed by atoms with van der Waals surface area (Å²) in [6, 6.07) is 10.4. The van der Waals surface area contributed by atoms with Gasteiger partial charge in [-0.05, 0) is 37.3 Å². The third-order valence-electron chi connectivity index (χ3n) is 5.40. The average molecular weight is 350 g/mol. The van der Waals surface area contributed by atoms with Crippen LogP contribution in [0.1, 0.15) is 69.8 Å². The van der Waals surface area contributed by atoms with Gasteiger partial charge in [0.15, 0.2) is 0 Å². The summed E-state index contributed by atoms with van der Waals surface area (Å²) in [5.74, 6) is 0. The van der Waals surface area contributed by atoms with Crippen LogP contribution in [0.5, 0.6) is 0 Å². The van der Waals surface area contributed by atoms with Crippen molar-refractivity contribution in [1.82, 2.24) is 4.90 Å². The van der Waals surface area contributed by atoms with E-state index in [4.69, 9.17) is 0 Å². The first-order chi connectivity index (χ1) is 10.3. The quantitative estimate of drug-likeness (QED) is 0.652. The lowest BCUT2D eigenvalue weighted by Crippen LogP contribution is -2.44. The molecule has 0 atom stereocenters. The highest BCUT2D eigenvalue weighted by atomic mass is 79.9. The lowest BCUT2D eigenvalue weighted by atomic mass is 9.88. The predicted molar refractivity (Wildman–Crippen MR) is 93.4 cm³/mol. The Morgan fingerprint density at radius 2 is 1.33 bits per heavy atom. The van der Waals surface area contributed by atoms with E-state index in [0.717, 1.165) is 18.6 Å². The minimum Gasteiger partial charge on any atom is -0.293 e. The molecule has 3 rings (SSSR count). The molecule has 1 aromatic rings. The molecule has 0 amide bonds. The molecule has 0 spiro atoms. The second kappa shape index (κ2) is 7.78. The van der Waals surface area contributed by atoms with Gasteiger partial charge in [-0.1, -0.05) is 72.7 Å². The van der Waals surface area contributed by atoms with Gasteiger partial charge < -0.3 is 0 Å². The van der Waals surface area contributed by atoms with E-state index in [9.17, 15) is 0 Å². The summed E-state index contributed by atoms with van der Waals surface area (Å²) < 4.78 is 1.28. The van der Waals surface area contributed by atoms with Crippen molar-refractivity contribution in [1.29, 1.82) is 0 Å². The number of hydrogen-bond acceptors (Lipinski definition) is 1. The van der Waals surface area contributed by atoms with E-state index in [1.54, 1.807) is 0 Å². The molecular weight excluding hydrogens is 322 g/mol. The Morgan fingerprint density at radius 1 is 0.810 bits per heavy atom. The Balaban J connectivity index is 1.75. The van der Waals surface area contributed by atoms with Gasteiger partial charge in [-0.25, -0.2) is 0 Å². The Kier molecular flexibility index (Phi) is 5.76. The highest BCUT2D eigenvalue weighted by Gasteiger charge is 2.29. The maximum Gasteiger partial charge on any atom is 0.0250 e. The van der Waals surface area contributed by atoms with E-state index in [1.165, 1.54) is 74.2 Å². The Morgan fingerprint density at radius 3 is 1.86 bits per heavy atom. The van der Waals surface area contributed by atoms with E-state index in [1.807, 2.05) is 0 Å². The maximum atomic E-state index is 3.75. The van der Waals surface area contributed by atoms with Crippen LogP contribution >= 0.6 is 15.9 Å². The number of nitrogens with zero attached hydrogens (tertiary/aromatic N) is 1. The van der Waals surface area contributed by atoms with Crippen LogP contribution in [0.2, 0.25) is 0 Å². The van der Waals surface area contributed by atoms with Crippen LogP contribution in [0, 0.1) is 0 Å². The maximum absolute atomic E-state index is 3.75. The van der Waals surface area contributed by atoms with Gasteiger partial charge in [0, 0.05) is 23.1 Å². The molecule has 2 heteroatoms. The zero-order chi connectivity index (χ0) is 14.5. The minimum atomic E-state index is 0.828. The summed E-state index contributed by atoms with van der Waals surface area (Å²) in [6.07, 6.45) is 14.3. The lowest BCUT2D eigenvalue weighted by Gasteiger charge is -2.42. The van der Waals surface area contributed by atoms with Gasteiger partial charge >= 0.3 is 0 Å². The summed E-state index contributed by atoms with van der Waals surface area (Å²) in [7, 11) is 0. The lowest BCUT2D eigenvalue weighted by molar-refractivity contribution is 0.0729. The fourth-order valence-corrected chi connectivity index (χ4v) is 4.62. The third-order valence-corrected chi connectivity index (χ3v) is 6.17. The monoisotopic (exact) mass is 349 g/mol. The molecule has 2 aliphatic rings. The van der Waals surface area contributed by atoms with E-state index in [0.29, 0.717) is 0 Å². The minimum absolute atomic E-state index is 0.828. The van der Waals surface area contributed by atoms with Gasteiger partial charge in [0.1, 0.15) is 0 Å². The zero-order valence-electron chi connectivity index (χ0n) is 13.1. The Hall–Kier alpha value is -0.340. The topological polar surface area (TPSA) is 3.24 Å². The molecule has 0 saturated heterocycles. The van der Waals surface area contributed by atoms with Crippen molar-refractivity contribution < 1.29 is 0 Å². The van der Waals surface area contributed by atoms with Crippen LogP contribution < -0.4 is 0 Å². The molecule has 0 N–H and O–H groups in total. The molecule has 0 aliphatic heterocycles. The molecule has 2 fully saturated rings. The highest BCUT2D eigenvalue weighted by molar-refractivity contribution is 9.10. The molecule has 21 heavy (non-hydrogen) atoms. The molecule has 0 radical (unpaired) electrons. The Bertz CT molecular complexity index is 415. The van der Waals surface area contributed by atoms with Crippen molar-refractivity contribution >= 4 is 15.9 Å². The SMILES string of the molecule is Brc1ccccc1CN(C1CCCCC1)C1CCCCC1. The number of benzene rings is 1. The molecule has 0 aromatic heterocycles. The van der Waals surface area contributed by atoms with Crippen LogP contribution in [0.3, 0.4) is 0 Å². The fourth-order valence-electron chi connectivity index (χ4n) is 4.21. The number of hydrogen-bond donors (Lipinski definition) is 0. The summed E-state index contributed by atoms with van der Waals surface area (Å²) >= 11 is 3.75. The van der Waals surface area contributed by atoms with E-state index in [2.05, 4.69) is 45.1 Å². The van der Waals surface area contributed by atoms with Gasteiger partial charge in [-0.3, -0.25) is 4.90 Å². The van der Waals surface area contributed by atoms with Crippen LogP contribution in [-0.2, 0) is 6.54 Å². The van der Waals surface area contributed by atoms with Gasteiger partial charge in [0.05, 0.1) is 0 Å². The van der Waals surface area contributed by atoms with Gasteiger partial charge in [0.2, 0.25) is 0 Å². The number of halogens is 1. The van der Waals surface area contributed by atoms with Crippen LogP contribution in [-0.4, -0.2) is 17.0 Å². The number of rotatable bonds is 4. The van der Waals surface area contributed by atoms with Crippen molar-refractivity contribution in [2.75, 3.05) is 0 Å². The van der Waals surface area contributed by atoms with E-state index < -0.39 is 0 Å². The van der Waals surface area contributed by atoms with Crippen molar-refractivity contribution in [3.05, 3.63) is 34.3 Å². The average Bonchev–Trinajstić information content (AvgIpc) is 2.56. The summed E-state index contributed by atoms with van der Waals surface area (Å²) in [4.78, 5) is 2.87. The van der Waals surface area contributed by atoms with Crippen molar-refractivity contribution in [2.24, 2.45) is 0 Å². The van der Waals surface area contributed by atoms with Gasteiger partial charge in [-0.15, -0.1) is 0 Å². The second-order valence-corrected chi connectivity index (χ2v) is 7.70. The molecule has 1 aromatic carbocycles. The third kappa shape index (κ3) is 4.10.